The molecule has 0 atom stereocenters. The summed E-state index contributed by atoms with van der Waals surface area (Å²) in [6.07, 6.45) is 5.02. The molecule has 3 rings (SSSR count). The molecule has 1 amide bonds. The van der Waals surface area contributed by atoms with E-state index in [1.807, 2.05) is 6.07 Å². The van der Waals surface area contributed by atoms with Crippen molar-refractivity contribution in [3.05, 3.63) is 36.7 Å². The van der Waals surface area contributed by atoms with E-state index < -0.39 is 11.4 Å². The van der Waals surface area contributed by atoms with Crippen molar-refractivity contribution in [2.45, 2.75) is 25.7 Å². The molecule has 114 valence electrons. The fourth-order valence-corrected chi connectivity index (χ4v) is 2.68. The van der Waals surface area contributed by atoms with Crippen LogP contribution in [0.4, 0.5) is 5.69 Å². The number of hydrogen-bond donors (Lipinski definition) is 2. The van der Waals surface area contributed by atoms with Crippen LogP contribution >= 0.6 is 0 Å². The molecule has 1 aromatic heterocycles. The molecule has 1 aliphatic carbocycles. The van der Waals surface area contributed by atoms with E-state index in [0.29, 0.717) is 24.4 Å². The Kier molecular flexibility index (Phi) is 3.66. The van der Waals surface area contributed by atoms with Crippen molar-refractivity contribution in [1.82, 2.24) is 4.98 Å². The molecule has 0 saturated heterocycles. The highest BCUT2D eigenvalue weighted by atomic mass is 16.4. The van der Waals surface area contributed by atoms with Crippen LogP contribution in [0.3, 0.4) is 0 Å². The molecule has 6 nitrogen and oxygen atoms in total. The van der Waals surface area contributed by atoms with Crippen LogP contribution in [0.1, 0.15) is 25.7 Å². The number of oxazole rings is 1. The van der Waals surface area contributed by atoms with Crippen LogP contribution in [-0.4, -0.2) is 22.0 Å². The van der Waals surface area contributed by atoms with E-state index in [9.17, 15) is 14.7 Å². The van der Waals surface area contributed by atoms with Gasteiger partial charge in [0.05, 0.1) is 11.6 Å². The summed E-state index contributed by atoms with van der Waals surface area (Å²) in [5.74, 6) is -0.703. The summed E-state index contributed by atoms with van der Waals surface area (Å²) in [7, 11) is 0. The Hall–Kier alpha value is -2.63. The van der Waals surface area contributed by atoms with Gasteiger partial charge in [0.2, 0.25) is 11.8 Å². The highest BCUT2D eigenvalue weighted by Gasteiger charge is 2.45. The maximum atomic E-state index is 12.1. The van der Waals surface area contributed by atoms with Crippen molar-refractivity contribution in [3.8, 4) is 11.5 Å². The zero-order valence-corrected chi connectivity index (χ0v) is 11.9. The van der Waals surface area contributed by atoms with Gasteiger partial charge >= 0.3 is 5.97 Å². The first kappa shape index (κ1) is 14.3. The first-order valence-corrected chi connectivity index (χ1v) is 7.12. The van der Waals surface area contributed by atoms with E-state index in [-0.39, 0.29) is 12.3 Å². The Balaban J connectivity index is 1.69. The molecule has 1 heterocycles. The molecule has 0 spiro atoms. The van der Waals surface area contributed by atoms with Crippen LogP contribution in [0.5, 0.6) is 0 Å². The number of nitrogens with one attached hydrogen (secondary N) is 1. The molecule has 0 unspecified atom stereocenters. The number of rotatable bonds is 5. The number of carbonyl (C=O) groups excluding carboxylic acids is 1. The number of nitrogens with zero attached hydrogens (tertiary/aromatic N) is 1. The second-order valence-electron chi connectivity index (χ2n) is 5.58. The summed E-state index contributed by atoms with van der Waals surface area (Å²) < 4.78 is 5.22. The van der Waals surface area contributed by atoms with Crippen LogP contribution in [0.15, 0.2) is 41.1 Å². The van der Waals surface area contributed by atoms with Crippen LogP contribution in [0.2, 0.25) is 0 Å². The third-order valence-corrected chi connectivity index (χ3v) is 4.09. The number of anilines is 1. The lowest BCUT2D eigenvalue weighted by atomic mass is 9.66. The molecule has 1 saturated carbocycles. The van der Waals surface area contributed by atoms with Crippen LogP contribution in [0.25, 0.3) is 11.5 Å². The van der Waals surface area contributed by atoms with E-state index >= 15 is 0 Å². The summed E-state index contributed by atoms with van der Waals surface area (Å²) in [5, 5.41) is 12.0. The fraction of sp³-hybridized carbons (Fsp3) is 0.312. The van der Waals surface area contributed by atoms with Gasteiger partial charge in [-0.25, -0.2) is 4.98 Å². The first-order chi connectivity index (χ1) is 10.6. The van der Waals surface area contributed by atoms with Gasteiger partial charge in [-0.3, -0.25) is 9.59 Å². The van der Waals surface area contributed by atoms with Gasteiger partial charge in [-0.15, -0.1) is 0 Å². The number of aliphatic carboxylic acids is 1. The Labute approximate surface area is 127 Å². The van der Waals surface area contributed by atoms with Crippen LogP contribution in [0, 0.1) is 5.41 Å². The summed E-state index contributed by atoms with van der Waals surface area (Å²) in [6, 6.07) is 7.11. The van der Waals surface area contributed by atoms with Crippen LogP contribution < -0.4 is 5.32 Å². The first-order valence-electron chi connectivity index (χ1n) is 7.12. The minimum Gasteiger partial charge on any atom is -0.481 e. The molecular formula is C16H16N2O4. The third-order valence-electron chi connectivity index (χ3n) is 4.09. The average Bonchev–Trinajstić information content (AvgIpc) is 2.97. The van der Waals surface area contributed by atoms with Gasteiger partial charge in [-0.2, -0.15) is 0 Å². The number of benzene rings is 1. The zero-order valence-electron chi connectivity index (χ0n) is 11.9. The lowest BCUT2D eigenvalue weighted by Gasteiger charge is -2.36. The van der Waals surface area contributed by atoms with Gasteiger partial charge < -0.3 is 14.8 Å². The van der Waals surface area contributed by atoms with Crippen molar-refractivity contribution in [1.29, 1.82) is 0 Å². The Bertz CT molecular complexity index is 690. The molecule has 22 heavy (non-hydrogen) atoms. The number of carbonyl (C=O) groups is 2. The minimum atomic E-state index is -0.887. The van der Waals surface area contributed by atoms with Crippen molar-refractivity contribution in [2.24, 2.45) is 5.41 Å². The summed E-state index contributed by atoms with van der Waals surface area (Å²) >= 11 is 0. The van der Waals surface area contributed by atoms with Gasteiger partial charge in [-0.05, 0) is 31.0 Å². The summed E-state index contributed by atoms with van der Waals surface area (Å²) in [5.41, 5.74) is 0.463. The number of hydrogen-bond acceptors (Lipinski definition) is 4. The van der Waals surface area contributed by atoms with E-state index in [1.165, 1.54) is 6.26 Å². The molecule has 6 heteroatoms. The molecule has 0 bridgehead atoms. The van der Waals surface area contributed by atoms with Gasteiger partial charge in [-0.1, -0.05) is 12.5 Å². The SMILES string of the molecule is O=C(CC1(C(=O)O)CCC1)Nc1cccc(-c2ncco2)c1. The maximum absolute atomic E-state index is 12.1. The topological polar surface area (TPSA) is 92.4 Å². The highest BCUT2D eigenvalue weighted by Crippen LogP contribution is 2.44. The van der Waals surface area contributed by atoms with Gasteiger partial charge in [0.1, 0.15) is 6.26 Å². The maximum Gasteiger partial charge on any atom is 0.310 e. The predicted octanol–water partition coefficient (Wildman–Crippen LogP) is 2.93. The third kappa shape index (κ3) is 2.72. The van der Waals surface area contributed by atoms with E-state index in [0.717, 1.165) is 12.0 Å². The van der Waals surface area contributed by atoms with E-state index in [4.69, 9.17) is 4.42 Å². The number of amides is 1. The lowest BCUT2D eigenvalue weighted by Crippen LogP contribution is -2.41. The van der Waals surface area contributed by atoms with Gasteiger partial charge in [0.15, 0.2) is 0 Å². The monoisotopic (exact) mass is 300 g/mol. The van der Waals surface area contributed by atoms with Crippen LogP contribution in [-0.2, 0) is 9.59 Å². The second-order valence-corrected chi connectivity index (χ2v) is 5.58. The minimum absolute atomic E-state index is 0.00552. The molecule has 1 fully saturated rings. The molecule has 1 aliphatic rings. The lowest BCUT2D eigenvalue weighted by molar-refractivity contribution is -0.157. The zero-order chi connectivity index (χ0) is 15.6. The Morgan fingerprint density at radius 3 is 2.77 bits per heavy atom. The van der Waals surface area contributed by atoms with Gasteiger partial charge in [0.25, 0.3) is 0 Å². The second kappa shape index (κ2) is 5.63. The highest BCUT2D eigenvalue weighted by molar-refractivity contribution is 5.95. The van der Waals surface area contributed by atoms with Crippen molar-refractivity contribution in [2.75, 3.05) is 5.32 Å². The van der Waals surface area contributed by atoms with Crippen molar-refractivity contribution in [3.63, 3.8) is 0 Å². The van der Waals surface area contributed by atoms with E-state index in [2.05, 4.69) is 10.3 Å². The molecule has 1 aromatic carbocycles. The standard InChI is InChI=1S/C16H16N2O4/c19-13(10-16(15(20)21)5-2-6-16)18-12-4-1-3-11(9-12)14-17-7-8-22-14/h1,3-4,7-9H,2,5-6,10H2,(H,18,19)(H,20,21). The van der Waals surface area contributed by atoms with Gasteiger partial charge in [0, 0.05) is 17.7 Å². The number of carboxylic acid groups (broad SMARTS) is 1. The fourth-order valence-electron chi connectivity index (χ4n) is 2.68. The molecule has 0 aliphatic heterocycles. The number of aromatic nitrogens is 1. The molecule has 2 aromatic rings. The van der Waals surface area contributed by atoms with E-state index in [1.54, 1.807) is 24.4 Å². The molecule has 2 N–H and O–H groups in total. The van der Waals surface area contributed by atoms with Crippen molar-refractivity contribution < 1.29 is 19.1 Å². The molecule has 0 radical (unpaired) electrons. The predicted molar refractivity (Wildman–Crippen MR) is 79.1 cm³/mol. The largest absolute Gasteiger partial charge is 0.481 e. The quantitative estimate of drug-likeness (QED) is 0.885. The smallest absolute Gasteiger partial charge is 0.310 e. The average molecular weight is 300 g/mol. The summed E-state index contributed by atoms with van der Waals surface area (Å²) in [6.45, 7) is 0. The number of carboxylic acids is 1. The Morgan fingerprint density at radius 1 is 1.36 bits per heavy atom. The Morgan fingerprint density at radius 2 is 2.18 bits per heavy atom. The summed E-state index contributed by atoms with van der Waals surface area (Å²) in [4.78, 5) is 27.5. The normalized spacial score (nSPS) is 15.8. The van der Waals surface area contributed by atoms with Crippen molar-refractivity contribution >= 4 is 17.6 Å². The molecular weight excluding hydrogens is 284 g/mol.